The molecule has 2 nitrogen and oxygen atoms in total. The highest BCUT2D eigenvalue weighted by molar-refractivity contribution is 5.99. The third-order valence-corrected chi connectivity index (χ3v) is 30.3. The van der Waals surface area contributed by atoms with Crippen LogP contribution >= 0.6 is 0 Å². The molecule has 4 aliphatic rings. The summed E-state index contributed by atoms with van der Waals surface area (Å²) in [6.45, 7) is 4.79. The van der Waals surface area contributed by atoms with Gasteiger partial charge in [0.25, 0.3) is 0 Å². The fourth-order valence-corrected chi connectivity index (χ4v) is 24.1. The maximum atomic E-state index is 2.52. The van der Waals surface area contributed by atoms with Gasteiger partial charge in [0.2, 0.25) is 0 Å². The molecule has 0 atom stereocenters. The average Bonchev–Trinajstić information content (AvgIpc) is 1.43. The van der Waals surface area contributed by atoms with Gasteiger partial charge in [0.15, 0.2) is 0 Å². The summed E-state index contributed by atoms with van der Waals surface area (Å²) in [4.78, 5) is 4.79. The molecule has 0 amide bonds. The summed E-state index contributed by atoms with van der Waals surface area (Å²) in [5.41, 5.74) is 44.7. The molecule has 0 saturated carbocycles. The number of anilines is 6. The van der Waals surface area contributed by atoms with Crippen LogP contribution < -0.4 is 9.80 Å². The van der Waals surface area contributed by atoms with E-state index in [0.29, 0.717) is 0 Å². The molecule has 0 aromatic heterocycles. The zero-order chi connectivity index (χ0) is 90.2. The Bertz CT molecular complexity index is 8300. The number of hydrogen-bond donors (Lipinski definition) is 0. The maximum Gasteiger partial charge on any atom is 0.0720 e. The van der Waals surface area contributed by atoms with Gasteiger partial charge < -0.3 is 9.80 Å². The van der Waals surface area contributed by atoms with Gasteiger partial charge in [-0.3, -0.25) is 0 Å². The molecule has 0 fully saturated rings. The summed E-state index contributed by atoms with van der Waals surface area (Å²) >= 11 is 0. The topological polar surface area (TPSA) is 6.48 Å². The molecule has 22 aromatic carbocycles. The summed E-state index contributed by atoms with van der Waals surface area (Å²) in [6, 6.07) is 196. The first kappa shape index (κ1) is 79.9. The molecule has 0 heterocycles. The van der Waals surface area contributed by atoms with E-state index in [1.54, 1.807) is 0 Å². The molecular formula is C134H92N2. The first-order valence-corrected chi connectivity index (χ1v) is 47.6. The Hall–Kier alpha value is -17.0. The molecule has 0 radical (unpaired) electrons. The summed E-state index contributed by atoms with van der Waals surface area (Å²) in [6.07, 6.45) is 0. The predicted molar refractivity (Wildman–Crippen MR) is 567 cm³/mol. The van der Waals surface area contributed by atoms with Gasteiger partial charge in [-0.25, -0.2) is 0 Å². The van der Waals surface area contributed by atoms with Crippen LogP contribution in [0.3, 0.4) is 0 Å². The van der Waals surface area contributed by atoms with E-state index < -0.39 is 16.2 Å². The average molecular weight is 1730 g/mol. The lowest BCUT2D eigenvalue weighted by Gasteiger charge is -2.50. The van der Waals surface area contributed by atoms with Crippen molar-refractivity contribution in [1.29, 1.82) is 0 Å². The Morgan fingerprint density at radius 1 is 0.140 bits per heavy atom. The Morgan fingerprint density at radius 2 is 0.390 bits per heavy atom. The van der Waals surface area contributed by atoms with Gasteiger partial charge in [-0.1, -0.05) is 432 Å². The molecular weight excluding hydrogens is 1640 g/mol. The fourth-order valence-electron chi connectivity index (χ4n) is 24.1. The molecule has 0 saturated heterocycles. The van der Waals surface area contributed by atoms with Gasteiger partial charge >= 0.3 is 0 Å². The second kappa shape index (κ2) is 31.9. The number of rotatable bonds is 15. The maximum absolute atomic E-state index is 2.52. The van der Waals surface area contributed by atoms with E-state index in [1.165, 1.54) is 177 Å². The van der Waals surface area contributed by atoms with E-state index in [-0.39, 0.29) is 5.41 Å². The fraction of sp³-hybridized carbons (Fsp3) is 0.0448. The minimum Gasteiger partial charge on any atom is -0.311 e. The smallest absolute Gasteiger partial charge is 0.0720 e. The van der Waals surface area contributed by atoms with Crippen LogP contribution in [-0.2, 0) is 21.7 Å². The van der Waals surface area contributed by atoms with Crippen molar-refractivity contribution in [3.63, 3.8) is 0 Å². The van der Waals surface area contributed by atoms with Gasteiger partial charge in [-0.2, -0.15) is 0 Å². The molecule has 638 valence electrons. The Balaban J connectivity index is 0.499. The SMILES string of the molecule is CC1(C)c2ccccc2C2(c3ccccc3-c3ccc(-c4ccc(N(c5ccc(-c6ccccc6)cc5)c5ccc(-c6ccc7cc(-c8cccc(-c9ccc(N(c%10ccc(-c%11ccc%12c(c%11)C%11(c%13ccccc%13-%12)c%12ccccc%12C(c%12ccccc%12)(c%12ccccc%12)c%12ccccc%12%11)cc%10)c%10ccc(-c%11cccc%12ccccc%11%12)cc%10)cc9)c8)ccc7c6)cc5)cc4)cc32)c2ccccc21. The summed E-state index contributed by atoms with van der Waals surface area (Å²) in [5.74, 6) is 0. The Labute approximate surface area is 795 Å². The lowest BCUT2D eigenvalue weighted by Crippen LogP contribution is -2.44. The van der Waals surface area contributed by atoms with Crippen molar-refractivity contribution >= 4 is 55.7 Å². The molecule has 2 heteroatoms. The first-order valence-electron chi connectivity index (χ1n) is 47.6. The third kappa shape index (κ3) is 12.4. The van der Waals surface area contributed by atoms with Gasteiger partial charge in [0, 0.05) is 39.5 Å². The van der Waals surface area contributed by atoms with Gasteiger partial charge in [0.1, 0.15) is 0 Å². The van der Waals surface area contributed by atoms with Crippen LogP contribution in [0, 0.1) is 0 Å². The van der Waals surface area contributed by atoms with Crippen LogP contribution in [0.1, 0.15) is 91.7 Å². The summed E-state index contributed by atoms with van der Waals surface area (Å²) < 4.78 is 0. The van der Waals surface area contributed by atoms with Crippen molar-refractivity contribution in [1.82, 2.24) is 0 Å². The number of fused-ring (bicyclic) bond motifs is 20. The number of hydrogen-bond acceptors (Lipinski definition) is 2. The highest BCUT2D eigenvalue weighted by Gasteiger charge is 2.58. The first-order chi connectivity index (χ1) is 67.2. The zero-order valence-corrected chi connectivity index (χ0v) is 75.5. The molecule has 0 unspecified atom stereocenters. The minimum absolute atomic E-state index is 0.168. The van der Waals surface area contributed by atoms with Crippen molar-refractivity contribution in [2.75, 3.05) is 9.80 Å². The molecule has 4 aliphatic carbocycles. The largest absolute Gasteiger partial charge is 0.311 e. The number of benzene rings is 22. The minimum atomic E-state index is -0.614. The van der Waals surface area contributed by atoms with Gasteiger partial charge in [-0.15, -0.1) is 0 Å². The van der Waals surface area contributed by atoms with E-state index in [1.807, 2.05) is 0 Å². The van der Waals surface area contributed by atoms with Crippen LogP contribution in [0.25, 0.3) is 122 Å². The van der Waals surface area contributed by atoms with E-state index in [9.17, 15) is 0 Å². The van der Waals surface area contributed by atoms with Crippen molar-refractivity contribution in [2.24, 2.45) is 0 Å². The van der Waals surface area contributed by atoms with E-state index in [2.05, 4.69) is 545 Å². The van der Waals surface area contributed by atoms with Crippen molar-refractivity contribution in [3.05, 3.63) is 600 Å². The highest BCUT2D eigenvalue weighted by atomic mass is 15.1. The van der Waals surface area contributed by atoms with E-state index in [0.717, 1.165) is 56.4 Å². The zero-order valence-electron chi connectivity index (χ0n) is 75.5. The van der Waals surface area contributed by atoms with Crippen LogP contribution in [0.4, 0.5) is 34.1 Å². The predicted octanol–water partition coefficient (Wildman–Crippen LogP) is 34.7. The molecule has 0 aliphatic heterocycles. The molecule has 22 aromatic rings. The van der Waals surface area contributed by atoms with Crippen molar-refractivity contribution in [3.8, 4) is 100 Å². The second-order valence-electron chi connectivity index (χ2n) is 37.6. The van der Waals surface area contributed by atoms with E-state index in [4.69, 9.17) is 0 Å². The molecule has 26 rings (SSSR count). The lowest BCUT2D eigenvalue weighted by molar-refractivity contribution is 0.563. The summed E-state index contributed by atoms with van der Waals surface area (Å²) in [7, 11) is 0. The highest BCUT2D eigenvalue weighted by Crippen LogP contribution is 2.67. The number of nitrogens with zero attached hydrogens (tertiary/aromatic N) is 2. The molecule has 2 spiro atoms. The molecule has 0 bridgehead atoms. The molecule has 136 heavy (non-hydrogen) atoms. The van der Waals surface area contributed by atoms with E-state index >= 15 is 0 Å². The van der Waals surface area contributed by atoms with Gasteiger partial charge in [0.05, 0.1) is 16.2 Å². The lowest BCUT2D eigenvalue weighted by atomic mass is 9.51. The van der Waals surface area contributed by atoms with Crippen LogP contribution in [0.5, 0.6) is 0 Å². The van der Waals surface area contributed by atoms with Crippen LogP contribution in [0.15, 0.2) is 522 Å². The normalized spacial score (nSPS) is 13.8. The Kier molecular flexibility index (Phi) is 18.7. The summed E-state index contributed by atoms with van der Waals surface area (Å²) in [5, 5.41) is 4.85. The Morgan fingerprint density at radius 3 is 0.809 bits per heavy atom. The van der Waals surface area contributed by atoms with Crippen molar-refractivity contribution < 1.29 is 0 Å². The standard InChI is InChI=1S/C134H92N2/c1-131(2)121-44-18-20-46-123(121)133(124-47-21-19-45-122(124)131)119-42-16-14-39-115(119)117-82-68-103(87-129(117)133)93-62-76-110(77-63-93)135(107-70-56-90(57-71-107)89-28-6-3-7-29-89)109-74-60-92(61-75-109)99-52-53-102-86-100(54-55-101(102)85-99)98-33-26-32-97(84-98)91-58-72-108(73-59-91)136(112-80-66-96(67-81-112)114-41-27-31-95-30-12-13-38-113(95)114)111-78-64-94(65-79-111)104-69-83-118-116-40-15-17-43-120(116)134(130(118)88-104)127-50-24-22-48-125(127)132(105-34-8-4-9-35-105,106-36-10-5-11-37-106)126-49-23-25-51-128(126)134/h3-88H,1-2H3. The van der Waals surface area contributed by atoms with Crippen LogP contribution in [0.2, 0.25) is 0 Å². The monoisotopic (exact) mass is 1730 g/mol. The quantitative estimate of drug-likeness (QED) is 0.101. The third-order valence-electron chi connectivity index (χ3n) is 30.3. The van der Waals surface area contributed by atoms with Crippen molar-refractivity contribution in [2.45, 2.75) is 35.5 Å². The van der Waals surface area contributed by atoms with Crippen LogP contribution in [-0.4, -0.2) is 0 Å². The van der Waals surface area contributed by atoms with Gasteiger partial charge in [-0.05, 0) is 303 Å². The second-order valence-corrected chi connectivity index (χ2v) is 37.6. The molecule has 0 N–H and O–H groups in total.